The first-order valence-corrected chi connectivity index (χ1v) is 10.8. The number of hydrogen-bond donors (Lipinski definition) is 4. The second-order valence-corrected chi connectivity index (χ2v) is 7.64. The van der Waals surface area contributed by atoms with Crippen molar-refractivity contribution in [1.82, 2.24) is 10.2 Å². The van der Waals surface area contributed by atoms with Gasteiger partial charge in [0.25, 0.3) is 0 Å². The van der Waals surface area contributed by atoms with E-state index in [0.717, 1.165) is 11.3 Å². The zero-order chi connectivity index (χ0) is 24.6. The van der Waals surface area contributed by atoms with Crippen molar-refractivity contribution in [1.29, 1.82) is 0 Å². The molecule has 9 nitrogen and oxygen atoms in total. The van der Waals surface area contributed by atoms with Gasteiger partial charge < -0.3 is 26.6 Å². The van der Waals surface area contributed by atoms with Gasteiger partial charge in [-0.2, -0.15) is 4.99 Å². The zero-order valence-electron chi connectivity index (χ0n) is 18.7. The Bertz CT molecular complexity index is 1330. The van der Waals surface area contributed by atoms with Gasteiger partial charge in [-0.15, -0.1) is 10.2 Å². The number of phenols is 1. The summed E-state index contributed by atoms with van der Waals surface area (Å²) in [6.45, 7) is 0. The highest BCUT2D eigenvalue weighted by molar-refractivity contribution is 5.95. The lowest BCUT2D eigenvalue weighted by Gasteiger charge is -2.14. The third-order valence-corrected chi connectivity index (χ3v) is 5.01. The first kappa shape index (κ1) is 23.4. The molecule has 1 atom stereocenters. The summed E-state index contributed by atoms with van der Waals surface area (Å²) in [7, 11) is 0. The number of nitrogens with two attached hydrogens (primary N) is 2. The highest BCUT2D eigenvalue weighted by atomic mass is 16.5. The molecule has 1 unspecified atom stereocenters. The fraction of sp³-hybridized carbons (Fsp3) is 0.0769. The average Bonchev–Trinajstić information content (AvgIpc) is 2.86. The summed E-state index contributed by atoms with van der Waals surface area (Å²) >= 11 is 0. The molecule has 35 heavy (non-hydrogen) atoms. The van der Waals surface area contributed by atoms with Crippen molar-refractivity contribution in [3.63, 3.8) is 0 Å². The third-order valence-electron chi connectivity index (χ3n) is 5.01. The van der Waals surface area contributed by atoms with E-state index in [9.17, 15) is 9.90 Å². The Morgan fingerprint density at radius 1 is 0.971 bits per heavy atom. The number of rotatable bonds is 7. The van der Waals surface area contributed by atoms with E-state index in [0.29, 0.717) is 17.1 Å². The number of aliphatic imine (C=N–C) groups is 1. The molecule has 6 N–H and O–H groups in total. The van der Waals surface area contributed by atoms with Gasteiger partial charge in [-0.3, -0.25) is 4.79 Å². The van der Waals surface area contributed by atoms with Gasteiger partial charge >= 0.3 is 5.97 Å². The SMILES string of the molecule is NC(=Nc1ccc(-c2ccccc2)nn1)Nc1ccccc1OC(=O)CC(N)c1cccc(O)c1. The summed E-state index contributed by atoms with van der Waals surface area (Å²) in [4.78, 5) is 16.7. The van der Waals surface area contributed by atoms with Crippen molar-refractivity contribution in [3.8, 4) is 22.8 Å². The lowest BCUT2D eigenvalue weighted by Crippen LogP contribution is -2.23. The molecule has 0 saturated heterocycles. The Kier molecular flexibility index (Phi) is 7.29. The van der Waals surface area contributed by atoms with Crippen LogP contribution < -0.4 is 21.5 Å². The number of anilines is 1. The van der Waals surface area contributed by atoms with Crippen molar-refractivity contribution >= 4 is 23.4 Å². The number of esters is 1. The summed E-state index contributed by atoms with van der Waals surface area (Å²) in [5.74, 6) is 0.181. The van der Waals surface area contributed by atoms with Crippen LogP contribution in [0.2, 0.25) is 0 Å². The van der Waals surface area contributed by atoms with Crippen LogP contribution in [0.1, 0.15) is 18.0 Å². The number of carbonyl (C=O) groups is 1. The van der Waals surface area contributed by atoms with Gasteiger partial charge in [0.05, 0.1) is 17.8 Å². The van der Waals surface area contributed by atoms with Gasteiger partial charge in [-0.25, -0.2) is 0 Å². The number of nitrogens with one attached hydrogen (secondary N) is 1. The number of aromatic hydroxyl groups is 1. The zero-order valence-corrected chi connectivity index (χ0v) is 18.7. The monoisotopic (exact) mass is 468 g/mol. The Morgan fingerprint density at radius 2 is 1.74 bits per heavy atom. The molecule has 0 aliphatic rings. The molecule has 1 heterocycles. The first-order chi connectivity index (χ1) is 17.0. The molecule has 176 valence electrons. The standard InChI is InChI=1S/C26H24N6O3/c27-20(18-9-6-10-19(33)15-18)16-25(34)35-23-12-5-4-11-22(23)29-26(28)30-24-14-13-21(31-32-24)17-7-2-1-3-8-17/h1-15,20,33H,16,27H2,(H3,28,29,30,32). The molecule has 9 heteroatoms. The van der Waals surface area contributed by atoms with E-state index in [1.807, 2.05) is 30.3 Å². The molecule has 0 aliphatic heterocycles. The van der Waals surface area contributed by atoms with Crippen LogP contribution in [0.4, 0.5) is 11.5 Å². The molecule has 0 radical (unpaired) electrons. The van der Waals surface area contributed by atoms with Crippen molar-refractivity contribution < 1.29 is 14.6 Å². The Balaban J connectivity index is 1.41. The summed E-state index contributed by atoms with van der Waals surface area (Å²) in [6.07, 6.45) is -0.0787. The minimum absolute atomic E-state index is 0.0479. The van der Waals surface area contributed by atoms with E-state index < -0.39 is 12.0 Å². The number of para-hydroxylation sites is 2. The molecule has 0 bridgehead atoms. The largest absolute Gasteiger partial charge is 0.508 e. The number of ether oxygens (including phenoxy) is 1. The van der Waals surface area contributed by atoms with Crippen molar-refractivity contribution in [3.05, 3.63) is 96.6 Å². The van der Waals surface area contributed by atoms with Crippen LogP contribution in [0.5, 0.6) is 11.5 Å². The quantitative estimate of drug-likeness (QED) is 0.138. The second-order valence-electron chi connectivity index (χ2n) is 7.64. The molecule has 0 saturated carbocycles. The molecule has 4 rings (SSSR count). The Morgan fingerprint density at radius 3 is 2.49 bits per heavy atom. The van der Waals surface area contributed by atoms with Crippen LogP contribution in [0.3, 0.4) is 0 Å². The minimum atomic E-state index is -0.626. The summed E-state index contributed by atoms with van der Waals surface area (Å²) < 4.78 is 5.50. The lowest BCUT2D eigenvalue weighted by molar-refractivity contribution is -0.134. The molecule has 1 aromatic heterocycles. The van der Waals surface area contributed by atoms with E-state index in [1.165, 1.54) is 12.1 Å². The third kappa shape index (κ3) is 6.40. The summed E-state index contributed by atoms with van der Waals surface area (Å²) in [5.41, 5.74) is 14.9. The van der Waals surface area contributed by atoms with Crippen LogP contribution in [-0.2, 0) is 4.79 Å². The highest BCUT2D eigenvalue weighted by Gasteiger charge is 2.16. The fourth-order valence-corrected chi connectivity index (χ4v) is 3.31. The molecule has 0 amide bonds. The van der Waals surface area contributed by atoms with Gasteiger partial charge in [0, 0.05) is 11.6 Å². The maximum Gasteiger partial charge on any atom is 0.313 e. The van der Waals surface area contributed by atoms with E-state index in [-0.39, 0.29) is 23.9 Å². The predicted octanol–water partition coefficient (Wildman–Crippen LogP) is 3.90. The van der Waals surface area contributed by atoms with Crippen molar-refractivity contribution in [2.24, 2.45) is 16.5 Å². The molecule has 4 aromatic rings. The number of carbonyl (C=O) groups excluding carboxylic acids is 1. The van der Waals surface area contributed by atoms with Gasteiger partial charge in [0.2, 0.25) is 0 Å². The molecule has 0 aliphatic carbocycles. The Labute approximate surface area is 202 Å². The lowest BCUT2D eigenvalue weighted by atomic mass is 10.0. The van der Waals surface area contributed by atoms with Gasteiger partial charge in [0.15, 0.2) is 17.5 Å². The summed E-state index contributed by atoms with van der Waals surface area (Å²) in [5, 5.41) is 20.8. The topological polar surface area (TPSA) is 149 Å². The average molecular weight is 469 g/mol. The molecule has 3 aromatic carbocycles. The molecular weight excluding hydrogens is 444 g/mol. The molecular formula is C26H24N6O3. The second kappa shape index (κ2) is 10.9. The number of aromatic nitrogens is 2. The highest BCUT2D eigenvalue weighted by Crippen LogP contribution is 2.26. The van der Waals surface area contributed by atoms with Crippen molar-refractivity contribution in [2.45, 2.75) is 12.5 Å². The summed E-state index contributed by atoms with van der Waals surface area (Å²) in [6, 6.07) is 25.8. The van der Waals surface area contributed by atoms with Crippen LogP contribution in [0.25, 0.3) is 11.3 Å². The maximum atomic E-state index is 12.5. The van der Waals surface area contributed by atoms with Crippen LogP contribution in [0, 0.1) is 0 Å². The van der Waals surface area contributed by atoms with Crippen LogP contribution in [-0.4, -0.2) is 27.2 Å². The fourth-order valence-electron chi connectivity index (χ4n) is 3.31. The van der Waals surface area contributed by atoms with Gasteiger partial charge in [0.1, 0.15) is 5.75 Å². The van der Waals surface area contributed by atoms with Crippen molar-refractivity contribution in [2.75, 3.05) is 5.32 Å². The predicted molar refractivity (Wildman–Crippen MR) is 134 cm³/mol. The molecule has 0 spiro atoms. The van der Waals surface area contributed by atoms with Crippen LogP contribution >= 0.6 is 0 Å². The van der Waals surface area contributed by atoms with Gasteiger partial charge in [-0.1, -0.05) is 54.6 Å². The van der Waals surface area contributed by atoms with E-state index >= 15 is 0 Å². The van der Waals surface area contributed by atoms with E-state index in [2.05, 4.69) is 20.5 Å². The number of hydrogen-bond acceptors (Lipinski definition) is 7. The number of benzene rings is 3. The smallest absolute Gasteiger partial charge is 0.313 e. The molecule has 0 fully saturated rings. The normalized spacial score (nSPS) is 12.1. The first-order valence-electron chi connectivity index (χ1n) is 10.8. The Hall–Kier alpha value is -4.76. The van der Waals surface area contributed by atoms with E-state index in [1.54, 1.807) is 48.5 Å². The number of phenolic OH excluding ortho intramolecular Hbond substituents is 1. The minimum Gasteiger partial charge on any atom is -0.508 e. The van der Waals surface area contributed by atoms with Gasteiger partial charge in [-0.05, 0) is 42.0 Å². The maximum absolute atomic E-state index is 12.5. The van der Waals surface area contributed by atoms with E-state index in [4.69, 9.17) is 16.2 Å². The number of nitrogens with zero attached hydrogens (tertiary/aromatic N) is 3. The van der Waals surface area contributed by atoms with Crippen LogP contribution in [0.15, 0.2) is 96.0 Å². The number of guanidine groups is 1.